The van der Waals surface area contributed by atoms with Gasteiger partial charge >= 0.3 is 52.6 Å². The first-order valence-electron chi connectivity index (χ1n) is 12.7. The van der Waals surface area contributed by atoms with Crippen molar-refractivity contribution in [3.8, 4) is 0 Å². The van der Waals surface area contributed by atoms with Crippen LogP contribution in [-0.2, 0) is 31.5 Å². The van der Waals surface area contributed by atoms with E-state index in [0.717, 1.165) is 0 Å². The average molecular weight is 619 g/mol. The summed E-state index contributed by atoms with van der Waals surface area (Å²) in [4.78, 5) is 47.5. The molecule has 216 valence electrons. The molecular weight excluding hydrogens is 572 g/mol. The maximum Gasteiger partial charge on any atom is 1.00 e. The minimum Gasteiger partial charge on any atom is -0.550 e. The van der Waals surface area contributed by atoms with Crippen LogP contribution in [0.1, 0.15) is 32.1 Å². The number of carbonyl (C=O) groups excluding carboxylic acids is 3. The smallest absolute Gasteiger partial charge is 0.550 e. The standard InChI is InChI=1S/C22H48N2O9Si4.Na/c1-34(2,3)31-36(7,8)33-37(9,32-35(4,5)6)18-10-16-24(20(26)12-14-22(29)30)17-15-23-19(25)11-13-21(27)28;/h10-18H2,1-9H3,(H,23,25)(H,27,28)(H,29,30);/q;+1/p-1. The Labute approximate surface area is 254 Å². The van der Waals surface area contributed by atoms with E-state index in [4.69, 9.17) is 17.5 Å². The van der Waals surface area contributed by atoms with E-state index in [-0.39, 0.29) is 74.2 Å². The molecular formula is C22H47N2NaO9Si4. The molecule has 38 heavy (non-hydrogen) atoms. The van der Waals surface area contributed by atoms with Crippen LogP contribution in [0, 0.1) is 0 Å². The first-order valence-corrected chi connectivity index (χ1v) is 24.9. The monoisotopic (exact) mass is 618 g/mol. The van der Waals surface area contributed by atoms with Crippen LogP contribution in [0.5, 0.6) is 0 Å². The molecule has 0 aliphatic rings. The SMILES string of the molecule is C[Si](C)(C)O[Si](C)(C)O[Si](C)(CCCN(CCNC(=O)CCC(=O)O)C(=O)CCC(=O)[O-])O[Si](C)(C)C.[Na+]. The van der Waals surface area contributed by atoms with Gasteiger partial charge in [-0.25, -0.2) is 0 Å². The number of nitrogens with zero attached hydrogens (tertiary/aromatic N) is 1. The Kier molecular flexibility index (Phi) is 18.3. The van der Waals surface area contributed by atoms with E-state index in [1.807, 2.05) is 19.6 Å². The number of aliphatic carboxylic acids is 2. The molecule has 2 amide bonds. The molecule has 0 aromatic carbocycles. The molecule has 16 heteroatoms. The first-order chi connectivity index (χ1) is 16.6. The number of carbonyl (C=O) groups is 4. The molecule has 0 aromatic heterocycles. The molecule has 0 fully saturated rings. The molecule has 0 radical (unpaired) electrons. The summed E-state index contributed by atoms with van der Waals surface area (Å²) in [7, 11) is -8.93. The summed E-state index contributed by atoms with van der Waals surface area (Å²) in [6.45, 7) is 19.5. The van der Waals surface area contributed by atoms with Crippen LogP contribution in [0.2, 0.25) is 65.0 Å². The maximum atomic E-state index is 12.7. The van der Waals surface area contributed by atoms with Crippen molar-refractivity contribution >= 4 is 57.5 Å². The minimum atomic E-state index is -2.68. The van der Waals surface area contributed by atoms with Gasteiger partial charge in [-0.1, -0.05) is 0 Å². The second-order valence-electron chi connectivity index (χ2n) is 11.7. The van der Waals surface area contributed by atoms with Crippen molar-refractivity contribution in [1.82, 2.24) is 10.2 Å². The van der Waals surface area contributed by atoms with Crippen LogP contribution < -0.4 is 40.0 Å². The van der Waals surface area contributed by atoms with E-state index in [0.29, 0.717) is 19.0 Å². The number of rotatable bonds is 19. The van der Waals surface area contributed by atoms with Crippen molar-refractivity contribution in [3.05, 3.63) is 0 Å². The van der Waals surface area contributed by atoms with Crippen LogP contribution in [0.15, 0.2) is 0 Å². The molecule has 0 rings (SSSR count). The summed E-state index contributed by atoms with van der Waals surface area (Å²) < 4.78 is 19.6. The number of amides is 2. The van der Waals surface area contributed by atoms with E-state index < -0.39 is 51.6 Å². The summed E-state index contributed by atoms with van der Waals surface area (Å²) >= 11 is 0. The van der Waals surface area contributed by atoms with Gasteiger partial charge in [0.1, 0.15) is 0 Å². The van der Waals surface area contributed by atoms with Gasteiger partial charge in [-0.15, -0.1) is 0 Å². The van der Waals surface area contributed by atoms with Gasteiger partial charge < -0.3 is 37.6 Å². The third-order valence-electron chi connectivity index (χ3n) is 4.76. The zero-order chi connectivity index (χ0) is 29.1. The van der Waals surface area contributed by atoms with Crippen molar-refractivity contribution in [2.75, 3.05) is 19.6 Å². The molecule has 0 aromatic rings. The average Bonchev–Trinajstić information content (AvgIpc) is 2.65. The first kappa shape index (κ1) is 39.8. The molecule has 0 bridgehead atoms. The fourth-order valence-corrected chi connectivity index (χ4v) is 21.9. The zero-order valence-electron chi connectivity index (χ0n) is 25.0. The Bertz CT molecular complexity index is 792. The van der Waals surface area contributed by atoms with E-state index >= 15 is 0 Å². The topological polar surface area (TPSA) is 155 Å². The van der Waals surface area contributed by atoms with Crippen molar-refractivity contribution in [2.45, 2.75) is 97.1 Å². The van der Waals surface area contributed by atoms with Crippen molar-refractivity contribution in [2.24, 2.45) is 0 Å². The van der Waals surface area contributed by atoms with Crippen LogP contribution in [0.3, 0.4) is 0 Å². The quantitative estimate of drug-likeness (QED) is 0.177. The largest absolute Gasteiger partial charge is 1.00 e. The van der Waals surface area contributed by atoms with Gasteiger partial charge in [0, 0.05) is 38.4 Å². The molecule has 0 saturated carbocycles. The molecule has 11 nitrogen and oxygen atoms in total. The zero-order valence-corrected chi connectivity index (χ0v) is 31.0. The molecule has 1 atom stereocenters. The fourth-order valence-electron chi connectivity index (χ4n) is 4.01. The van der Waals surface area contributed by atoms with Crippen LogP contribution in [-0.4, -0.2) is 87.2 Å². The molecule has 2 N–H and O–H groups in total. The number of hydrogen-bond acceptors (Lipinski definition) is 8. The molecule has 1 unspecified atom stereocenters. The Morgan fingerprint density at radius 2 is 1.34 bits per heavy atom. The van der Waals surface area contributed by atoms with Gasteiger partial charge in [0.25, 0.3) is 0 Å². The second kappa shape index (κ2) is 17.4. The maximum absolute atomic E-state index is 12.7. The molecule has 0 saturated heterocycles. The number of carboxylic acid groups (broad SMARTS) is 2. The molecule has 0 heterocycles. The molecule has 0 aliphatic carbocycles. The van der Waals surface area contributed by atoms with Crippen LogP contribution >= 0.6 is 0 Å². The van der Waals surface area contributed by atoms with Gasteiger partial charge in [-0.2, -0.15) is 0 Å². The summed E-state index contributed by atoms with van der Waals surface area (Å²) in [5, 5.41) is 22.2. The third kappa shape index (κ3) is 21.4. The summed E-state index contributed by atoms with van der Waals surface area (Å²) in [5.74, 6) is -3.14. The van der Waals surface area contributed by atoms with E-state index in [1.54, 1.807) is 0 Å². The number of hydrogen-bond donors (Lipinski definition) is 2. The summed E-state index contributed by atoms with van der Waals surface area (Å²) in [6.07, 6.45) is -0.434. The Morgan fingerprint density at radius 1 is 0.789 bits per heavy atom. The predicted molar refractivity (Wildman–Crippen MR) is 149 cm³/mol. The van der Waals surface area contributed by atoms with Gasteiger partial charge in [-0.05, 0) is 77.8 Å². The van der Waals surface area contributed by atoms with E-state index in [1.165, 1.54) is 4.90 Å². The van der Waals surface area contributed by atoms with Gasteiger partial charge in [0.15, 0.2) is 16.6 Å². The van der Waals surface area contributed by atoms with Crippen molar-refractivity contribution < 1.29 is 71.3 Å². The van der Waals surface area contributed by atoms with Gasteiger partial charge in [0.05, 0.1) is 6.42 Å². The summed E-state index contributed by atoms with van der Waals surface area (Å²) in [5.41, 5.74) is 0. The third-order valence-corrected chi connectivity index (χ3v) is 18.3. The van der Waals surface area contributed by atoms with Crippen molar-refractivity contribution in [1.29, 1.82) is 0 Å². The Balaban J connectivity index is 0. The number of carboxylic acids is 2. The fraction of sp³-hybridized carbons (Fsp3) is 0.818. The predicted octanol–water partition coefficient (Wildman–Crippen LogP) is -0.786. The van der Waals surface area contributed by atoms with Gasteiger partial charge in [0.2, 0.25) is 11.8 Å². The Hall–Kier alpha value is -0.372. The minimum absolute atomic E-state index is 0. The van der Waals surface area contributed by atoms with Crippen molar-refractivity contribution in [3.63, 3.8) is 0 Å². The van der Waals surface area contributed by atoms with E-state index in [2.05, 4.69) is 44.6 Å². The normalized spacial score (nSPS) is 13.7. The summed E-state index contributed by atoms with van der Waals surface area (Å²) in [6, 6.07) is 0.623. The van der Waals surface area contributed by atoms with E-state index in [9.17, 15) is 24.3 Å². The second-order valence-corrected chi connectivity index (χ2v) is 28.1. The molecule has 0 spiro atoms. The van der Waals surface area contributed by atoms with Crippen LogP contribution in [0.4, 0.5) is 0 Å². The number of nitrogens with one attached hydrogen (secondary N) is 1. The molecule has 0 aliphatic heterocycles. The Morgan fingerprint density at radius 3 is 1.82 bits per heavy atom. The van der Waals surface area contributed by atoms with Crippen LogP contribution in [0.25, 0.3) is 0 Å². The van der Waals surface area contributed by atoms with Gasteiger partial charge in [-0.3, -0.25) is 14.4 Å².